The van der Waals surface area contributed by atoms with Crippen LogP contribution in [-0.4, -0.2) is 38.6 Å². The van der Waals surface area contributed by atoms with Crippen molar-refractivity contribution in [1.82, 2.24) is 4.90 Å². The van der Waals surface area contributed by atoms with Crippen LogP contribution in [0.2, 0.25) is 25.7 Å². The maximum atomic E-state index is 13.1. The summed E-state index contributed by atoms with van der Waals surface area (Å²) in [6, 6.07) is 9.46. The van der Waals surface area contributed by atoms with E-state index in [4.69, 9.17) is 4.74 Å². The molecule has 0 saturated carbocycles. The molecule has 0 radical (unpaired) electrons. The van der Waals surface area contributed by atoms with Crippen molar-refractivity contribution in [3.63, 3.8) is 0 Å². The van der Waals surface area contributed by atoms with E-state index in [1.165, 1.54) is 12.5 Å². The van der Waals surface area contributed by atoms with Crippen molar-refractivity contribution in [3.8, 4) is 5.75 Å². The third kappa shape index (κ3) is 6.79. The fourth-order valence-corrected chi connectivity index (χ4v) is 4.16. The average Bonchev–Trinajstić information content (AvgIpc) is 2.62. The minimum atomic E-state index is -1.06. The molecule has 1 atom stereocenters. The average molecular weight is 376 g/mol. The number of carbonyl (C=O) groups excluding carboxylic acids is 1. The highest BCUT2D eigenvalue weighted by atomic mass is 28.3. The lowest BCUT2D eigenvalue weighted by molar-refractivity contribution is -0.133. The van der Waals surface area contributed by atoms with E-state index in [2.05, 4.69) is 43.6 Å². The molecule has 26 heavy (non-hydrogen) atoms. The Bertz CT molecular complexity index is 544. The van der Waals surface area contributed by atoms with E-state index >= 15 is 0 Å². The van der Waals surface area contributed by atoms with Gasteiger partial charge in [-0.15, -0.1) is 0 Å². The van der Waals surface area contributed by atoms with Crippen molar-refractivity contribution in [2.24, 2.45) is 0 Å². The molecular weight excluding hydrogens is 338 g/mol. The number of piperidine rings is 1. The Hall–Kier alpha value is -1.29. The molecule has 1 amide bonds. The Morgan fingerprint density at radius 1 is 1.12 bits per heavy atom. The molecular formula is C22H37NO2Si. The molecule has 1 aromatic carbocycles. The molecule has 0 spiro atoms. The Kier molecular flexibility index (Phi) is 8.20. The Morgan fingerprint density at radius 2 is 1.77 bits per heavy atom. The van der Waals surface area contributed by atoms with Gasteiger partial charge >= 0.3 is 0 Å². The lowest BCUT2D eigenvalue weighted by Gasteiger charge is -2.30. The molecule has 1 aliphatic heterocycles. The Labute approximate surface area is 161 Å². The number of amides is 1. The fourth-order valence-electron chi connectivity index (χ4n) is 3.45. The van der Waals surface area contributed by atoms with Gasteiger partial charge in [0.15, 0.2) is 0 Å². The number of likely N-dealkylation sites (tertiary alicyclic amines) is 1. The Balaban J connectivity index is 2.01. The van der Waals surface area contributed by atoms with Crippen LogP contribution >= 0.6 is 0 Å². The standard InChI is InChI=1S/C22H37NO2Si/c1-5-6-10-21(22(24)23-15-8-7-9-16-23)19-11-13-20(14-12-19)25-17-18-26(2,3)4/h11-14,21H,5-10,15-18H2,1-4H3. The number of benzene rings is 1. The lowest BCUT2D eigenvalue weighted by atomic mass is 9.91. The van der Waals surface area contributed by atoms with Gasteiger partial charge < -0.3 is 9.64 Å². The maximum absolute atomic E-state index is 13.1. The summed E-state index contributed by atoms with van der Waals surface area (Å²) < 4.78 is 5.91. The number of rotatable bonds is 9. The van der Waals surface area contributed by atoms with Gasteiger partial charge in [0.05, 0.1) is 12.5 Å². The van der Waals surface area contributed by atoms with Crippen LogP contribution in [0.5, 0.6) is 5.75 Å². The van der Waals surface area contributed by atoms with Crippen LogP contribution in [0.4, 0.5) is 0 Å². The zero-order valence-corrected chi connectivity index (χ0v) is 18.2. The van der Waals surface area contributed by atoms with Crippen LogP contribution in [0.1, 0.15) is 56.9 Å². The van der Waals surface area contributed by atoms with Crippen LogP contribution < -0.4 is 4.74 Å². The first-order valence-corrected chi connectivity index (χ1v) is 14.1. The zero-order chi connectivity index (χ0) is 19.0. The summed E-state index contributed by atoms with van der Waals surface area (Å²) in [6.45, 7) is 11.9. The molecule has 2 rings (SSSR count). The fraction of sp³-hybridized carbons (Fsp3) is 0.682. The quantitative estimate of drug-likeness (QED) is 0.519. The number of nitrogens with zero attached hydrogens (tertiary/aromatic N) is 1. The monoisotopic (exact) mass is 375 g/mol. The van der Waals surface area contributed by atoms with Gasteiger partial charge in [-0.2, -0.15) is 0 Å². The van der Waals surface area contributed by atoms with Crippen LogP contribution in [0.3, 0.4) is 0 Å². The summed E-state index contributed by atoms with van der Waals surface area (Å²) >= 11 is 0. The first kappa shape index (κ1) is 21.0. The first-order chi connectivity index (χ1) is 12.4. The van der Waals surface area contributed by atoms with Gasteiger partial charge in [0.25, 0.3) is 0 Å². The molecule has 3 nitrogen and oxygen atoms in total. The Morgan fingerprint density at radius 3 is 2.35 bits per heavy atom. The molecule has 1 heterocycles. The van der Waals surface area contributed by atoms with Crippen molar-refractivity contribution in [2.75, 3.05) is 19.7 Å². The van der Waals surface area contributed by atoms with E-state index in [0.29, 0.717) is 5.91 Å². The lowest BCUT2D eigenvalue weighted by Crippen LogP contribution is -2.38. The molecule has 0 N–H and O–H groups in total. The van der Waals surface area contributed by atoms with Crippen LogP contribution in [0.25, 0.3) is 0 Å². The van der Waals surface area contributed by atoms with Crippen molar-refractivity contribution < 1.29 is 9.53 Å². The SMILES string of the molecule is CCCCC(C(=O)N1CCCCC1)c1ccc(OCC[Si](C)(C)C)cc1. The predicted octanol–water partition coefficient (Wildman–Crippen LogP) is 5.69. The zero-order valence-electron chi connectivity index (χ0n) is 17.2. The van der Waals surface area contributed by atoms with Gasteiger partial charge in [0, 0.05) is 21.2 Å². The summed E-state index contributed by atoms with van der Waals surface area (Å²) in [7, 11) is -1.06. The largest absolute Gasteiger partial charge is 0.494 e. The second-order valence-electron chi connectivity index (χ2n) is 8.81. The van der Waals surface area contributed by atoms with E-state index in [0.717, 1.165) is 63.1 Å². The van der Waals surface area contributed by atoms with Gasteiger partial charge in [-0.05, 0) is 49.4 Å². The smallest absolute Gasteiger partial charge is 0.230 e. The predicted molar refractivity (Wildman–Crippen MR) is 113 cm³/mol. The van der Waals surface area contributed by atoms with Gasteiger partial charge in [-0.3, -0.25) is 4.79 Å². The van der Waals surface area contributed by atoms with Gasteiger partial charge in [0.1, 0.15) is 5.75 Å². The molecule has 0 bridgehead atoms. The molecule has 0 aliphatic carbocycles. The number of unbranched alkanes of at least 4 members (excludes halogenated alkanes) is 1. The molecule has 1 aromatic rings. The summed E-state index contributed by atoms with van der Waals surface area (Å²) in [5.74, 6) is 1.25. The highest BCUT2D eigenvalue weighted by molar-refractivity contribution is 6.76. The van der Waals surface area contributed by atoms with E-state index in [1.54, 1.807) is 0 Å². The van der Waals surface area contributed by atoms with Gasteiger partial charge in [-0.25, -0.2) is 0 Å². The molecule has 0 aromatic heterocycles. The number of ether oxygens (including phenoxy) is 1. The van der Waals surface area contributed by atoms with Gasteiger partial charge in [-0.1, -0.05) is 51.5 Å². The van der Waals surface area contributed by atoms with Crippen LogP contribution in [0.15, 0.2) is 24.3 Å². The minimum Gasteiger partial charge on any atom is -0.494 e. The maximum Gasteiger partial charge on any atom is 0.230 e. The molecule has 1 saturated heterocycles. The third-order valence-electron chi connectivity index (χ3n) is 5.22. The normalized spacial score (nSPS) is 16.4. The van der Waals surface area contributed by atoms with E-state index in [1.807, 2.05) is 12.1 Å². The van der Waals surface area contributed by atoms with Crippen molar-refractivity contribution in [1.29, 1.82) is 0 Å². The second-order valence-corrected chi connectivity index (χ2v) is 14.4. The van der Waals surface area contributed by atoms with Crippen LogP contribution in [-0.2, 0) is 4.79 Å². The highest BCUT2D eigenvalue weighted by Crippen LogP contribution is 2.28. The summed E-state index contributed by atoms with van der Waals surface area (Å²) in [6.07, 6.45) is 6.72. The summed E-state index contributed by atoms with van der Waals surface area (Å²) in [5.41, 5.74) is 1.14. The number of hydrogen-bond donors (Lipinski definition) is 0. The number of carbonyl (C=O) groups is 1. The summed E-state index contributed by atoms with van der Waals surface area (Å²) in [4.78, 5) is 15.2. The molecule has 1 fully saturated rings. The van der Waals surface area contributed by atoms with Crippen LogP contribution in [0, 0.1) is 0 Å². The van der Waals surface area contributed by atoms with E-state index < -0.39 is 8.07 Å². The van der Waals surface area contributed by atoms with Gasteiger partial charge in [0.2, 0.25) is 5.91 Å². The first-order valence-electron chi connectivity index (χ1n) is 10.4. The van der Waals surface area contributed by atoms with Crippen molar-refractivity contribution in [2.45, 2.75) is 77.1 Å². The minimum absolute atomic E-state index is 0.00378. The summed E-state index contributed by atoms with van der Waals surface area (Å²) in [5, 5.41) is 0. The highest BCUT2D eigenvalue weighted by Gasteiger charge is 2.26. The van der Waals surface area contributed by atoms with E-state index in [-0.39, 0.29) is 5.92 Å². The molecule has 1 unspecified atom stereocenters. The number of hydrogen-bond acceptors (Lipinski definition) is 2. The van der Waals surface area contributed by atoms with Crippen molar-refractivity contribution in [3.05, 3.63) is 29.8 Å². The van der Waals surface area contributed by atoms with E-state index in [9.17, 15) is 4.79 Å². The third-order valence-corrected chi connectivity index (χ3v) is 6.92. The second kappa shape index (κ2) is 10.1. The topological polar surface area (TPSA) is 29.5 Å². The molecule has 1 aliphatic rings. The molecule has 4 heteroatoms. The molecule has 146 valence electrons. The van der Waals surface area contributed by atoms with Crippen molar-refractivity contribution >= 4 is 14.0 Å².